The highest BCUT2D eigenvalue weighted by Crippen LogP contribution is 2.22. The van der Waals surface area contributed by atoms with Crippen LogP contribution in [0.25, 0.3) is 0 Å². The summed E-state index contributed by atoms with van der Waals surface area (Å²) in [5.41, 5.74) is 0. The van der Waals surface area contributed by atoms with Gasteiger partial charge in [-0.25, -0.2) is 5.01 Å². The van der Waals surface area contributed by atoms with Crippen LogP contribution in [0, 0.1) is 0 Å². The van der Waals surface area contributed by atoms with Gasteiger partial charge in [0.25, 0.3) is 0 Å². The maximum atomic E-state index is 5.20. The molecule has 0 aromatic heterocycles. The number of rotatable bonds is 2. The highest BCUT2D eigenvalue weighted by molar-refractivity contribution is 7.80. The van der Waals surface area contributed by atoms with Crippen molar-refractivity contribution in [2.45, 2.75) is 12.1 Å². The third kappa shape index (κ3) is 1.97. The first-order valence-electron chi connectivity index (χ1n) is 4.76. The van der Waals surface area contributed by atoms with Crippen molar-refractivity contribution in [3.05, 3.63) is 37.0 Å². The van der Waals surface area contributed by atoms with Crippen molar-refractivity contribution in [1.29, 1.82) is 0 Å². The highest BCUT2D eigenvalue weighted by Gasteiger charge is 2.32. The van der Waals surface area contributed by atoms with E-state index in [0.29, 0.717) is 11.7 Å². The van der Waals surface area contributed by atoms with E-state index in [1.165, 1.54) is 0 Å². The van der Waals surface area contributed by atoms with Gasteiger partial charge in [-0.1, -0.05) is 35.6 Å². The van der Waals surface area contributed by atoms with Crippen molar-refractivity contribution in [2.75, 3.05) is 6.54 Å². The molecule has 4 nitrogen and oxygen atoms in total. The Morgan fingerprint density at radius 2 is 2.33 bits per heavy atom. The van der Waals surface area contributed by atoms with Crippen LogP contribution in [0.5, 0.6) is 0 Å². The maximum Gasteiger partial charge on any atom is 0.191 e. The molecule has 1 aliphatic heterocycles. The Kier molecular flexibility index (Phi) is 2.91. The monoisotopic (exact) mass is 220 g/mol. The Hall–Kier alpha value is -1.49. The number of allylic oxidation sites excluding steroid dienone is 2. The largest absolute Gasteiger partial charge is 0.358 e. The molecule has 0 fully saturated rings. The molecule has 0 saturated heterocycles. The Labute approximate surface area is 94.0 Å². The number of fused-ring (bicyclic) bond motifs is 1. The molecule has 0 radical (unpaired) electrons. The molecule has 0 saturated carbocycles. The molecule has 0 aromatic carbocycles. The molecule has 78 valence electrons. The molecule has 1 heterocycles. The van der Waals surface area contributed by atoms with E-state index in [0.717, 1.165) is 0 Å². The lowest BCUT2D eigenvalue weighted by molar-refractivity contribution is 0.403. The van der Waals surface area contributed by atoms with Crippen molar-refractivity contribution in [2.24, 2.45) is 10.3 Å². The van der Waals surface area contributed by atoms with Crippen molar-refractivity contribution < 1.29 is 0 Å². The Morgan fingerprint density at radius 3 is 3.13 bits per heavy atom. The molecule has 2 aliphatic rings. The smallest absolute Gasteiger partial charge is 0.191 e. The average Bonchev–Trinajstić information content (AvgIpc) is 2.69. The summed E-state index contributed by atoms with van der Waals surface area (Å²) in [6.07, 6.45) is 9.79. The normalized spacial score (nSPS) is 26.5. The fraction of sp³-hybridized carbons (Fsp3) is 0.300. The predicted molar refractivity (Wildman–Crippen MR) is 63.3 cm³/mol. The van der Waals surface area contributed by atoms with Gasteiger partial charge in [-0.15, -0.1) is 6.58 Å². The van der Waals surface area contributed by atoms with Gasteiger partial charge in [0.1, 0.15) is 12.1 Å². The summed E-state index contributed by atoms with van der Waals surface area (Å²) in [6.45, 7) is 4.26. The number of nitrogens with zero attached hydrogens (tertiary/aromatic N) is 3. The maximum absolute atomic E-state index is 5.20. The summed E-state index contributed by atoms with van der Waals surface area (Å²) in [5, 5.41) is 13.5. The molecule has 2 atom stereocenters. The van der Waals surface area contributed by atoms with Crippen LogP contribution in [0.1, 0.15) is 0 Å². The highest BCUT2D eigenvalue weighted by atomic mass is 32.1. The molecule has 0 amide bonds. The average molecular weight is 220 g/mol. The van der Waals surface area contributed by atoms with Gasteiger partial charge in [0.2, 0.25) is 0 Å². The summed E-state index contributed by atoms with van der Waals surface area (Å²) in [4.78, 5) is 0. The second-order valence-corrected chi connectivity index (χ2v) is 3.66. The first-order valence-corrected chi connectivity index (χ1v) is 5.17. The first-order chi connectivity index (χ1) is 7.33. The number of hydrogen-bond donors (Lipinski definition) is 1. The van der Waals surface area contributed by atoms with Crippen molar-refractivity contribution in [3.8, 4) is 0 Å². The minimum atomic E-state index is 0.0958. The zero-order valence-corrected chi connectivity index (χ0v) is 9.02. The minimum absolute atomic E-state index is 0.0958. The van der Waals surface area contributed by atoms with E-state index < -0.39 is 0 Å². The molecule has 0 bridgehead atoms. The number of hydrogen-bond acceptors (Lipinski definition) is 3. The molecule has 0 unspecified atom stereocenters. The van der Waals surface area contributed by atoms with Crippen molar-refractivity contribution >= 4 is 17.3 Å². The van der Waals surface area contributed by atoms with Crippen molar-refractivity contribution in [3.63, 3.8) is 0 Å². The Bertz CT molecular complexity index is 358. The van der Waals surface area contributed by atoms with Crippen LogP contribution in [0.4, 0.5) is 0 Å². The SMILES string of the molecule is C=CCNC(=S)N1N=N[C@@H]2C=CC=C[C@@H]21. The second kappa shape index (κ2) is 4.35. The minimum Gasteiger partial charge on any atom is -0.358 e. The Morgan fingerprint density at radius 1 is 1.53 bits per heavy atom. The van der Waals surface area contributed by atoms with E-state index in [2.05, 4.69) is 22.2 Å². The van der Waals surface area contributed by atoms with Gasteiger partial charge in [-0.2, -0.15) is 5.11 Å². The van der Waals surface area contributed by atoms with Gasteiger partial charge in [0.15, 0.2) is 5.11 Å². The van der Waals surface area contributed by atoms with Gasteiger partial charge in [-0.3, -0.25) is 0 Å². The lowest BCUT2D eigenvalue weighted by atomic mass is 10.0. The van der Waals surface area contributed by atoms with Crippen LogP contribution in [-0.4, -0.2) is 28.7 Å². The summed E-state index contributed by atoms with van der Waals surface area (Å²) in [5.74, 6) is 0. The second-order valence-electron chi connectivity index (χ2n) is 3.28. The summed E-state index contributed by atoms with van der Waals surface area (Å²) in [7, 11) is 0. The van der Waals surface area contributed by atoms with Crippen molar-refractivity contribution in [1.82, 2.24) is 10.3 Å². The molecule has 0 aromatic rings. The molecule has 1 aliphatic carbocycles. The first kappa shape index (κ1) is 10.0. The van der Waals surface area contributed by atoms with E-state index in [1.807, 2.05) is 24.3 Å². The fourth-order valence-corrected chi connectivity index (χ4v) is 1.75. The predicted octanol–water partition coefficient (Wildman–Crippen LogP) is 1.59. The molecule has 0 spiro atoms. The molecular weight excluding hydrogens is 208 g/mol. The van der Waals surface area contributed by atoms with Gasteiger partial charge in [0, 0.05) is 6.54 Å². The molecule has 2 rings (SSSR count). The molecule has 15 heavy (non-hydrogen) atoms. The van der Waals surface area contributed by atoms with E-state index in [1.54, 1.807) is 11.1 Å². The van der Waals surface area contributed by atoms with E-state index >= 15 is 0 Å². The van der Waals surface area contributed by atoms with E-state index in [9.17, 15) is 0 Å². The lowest BCUT2D eigenvalue weighted by Crippen LogP contribution is -2.43. The topological polar surface area (TPSA) is 40.0 Å². The zero-order valence-electron chi connectivity index (χ0n) is 8.21. The third-order valence-electron chi connectivity index (χ3n) is 2.25. The fourth-order valence-electron chi connectivity index (χ4n) is 1.51. The molecule has 1 N–H and O–H groups in total. The van der Waals surface area contributed by atoms with Crippen LogP contribution < -0.4 is 5.32 Å². The summed E-state index contributed by atoms with van der Waals surface area (Å²) < 4.78 is 0. The van der Waals surface area contributed by atoms with Gasteiger partial charge in [-0.05, 0) is 12.2 Å². The van der Waals surface area contributed by atoms with Crippen LogP contribution in [0.15, 0.2) is 47.3 Å². The number of thiocarbonyl (C=S) groups is 1. The molecule has 5 heteroatoms. The molecular formula is C10H12N4S. The Balaban J connectivity index is 2.02. The van der Waals surface area contributed by atoms with Crippen LogP contribution in [0.3, 0.4) is 0 Å². The lowest BCUT2D eigenvalue weighted by Gasteiger charge is -2.23. The quantitative estimate of drug-likeness (QED) is 0.567. The third-order valence-corrected chi connectivity index (χ3v) is 2.58. The standard InChI is InChI=1S/C10H12N4S/c1-2-7-11-10(15)14-9-6-4-3-5-8(9)12-13-14/h2-6,8-9H,1,7H2,(H,11,15)/t8-,9+/m1/s1. The summed E-state index contributed by atoms with van der Waals surface area (Å²) >= 11 is 5.20. The van der Waals surface area contributed by atoms with Crippen LogP contribution >= 0.6 is 12.2 Å². The zero-order chi connectivity index (χ0) is 10.7. The van der Waals surface area contributed by atoms with Crippen LogP contribution in [0.2, 0.25) is 0 Å². The van der Waals surface area contributed by atoms with E-state index in [-0.39, 0.29) is 12.1 Å². The van der Waals surface area contributed by atoms with Gasteiger partial charge in [0.05, 0.1) is 0 Å². The number of nitrogens with one attached hydrogen (secondary N) is 1. The summed E-state index contributed by atoms with van der Waals surface area (Å²) in [6, 6.07) is 0.221. The van der Waals surface area contributed by atoms with Gasteiger partial charge >= 0.3 is 0 Å². The van der Waals surface area contributed by atoms with Gasteiger partial charge < -0.3 is 5.32 Å². The van der Waals surface area contributed by atoms with Crippen LogP contribution in [-0.2, 0) is 0 Å². The van der Waals surface area contributed by atoms with E-state index in [4.69, 9.17) is 12.2 Å².